The van der Waals surface area contributed by atoms with Crippen molar-refractivity contribution in [2.24, 2.45) is 30.2 Å². The number of rotatable bonds is 8. The molecular weight excluding hydrogens is 424 g/mol. The number of nitrogens with one attached hydrogen (secondary N) is 1. The molecule has 6 rings (SSSR count). The lowest BCUT2D eigenvalue weighted by Gasteiger charge is -2.56. The van der Waals surface area contributed by atoms with E-state index in [1.54, 1.807) is 32.4 Å². The summed E-state index contributed by atoms with van der Waals surface area (Å²) < 4.78 is 12.7. The third-order valence-corrected chi connectivity index (χ3v) is 8.66. The molecule has 0 atom stereocenters. The lowest BCUT2D eigenvalue weighted by Crippen LogP contribution is -2.47. The Morgan fingerprint density at radius 1 is 1.12 bits per heavy atom. The third-order valence-electron chi connectivity index (χ3n) is 7.64. The second-order valence-electron chi connectivity index (χ2n) is 9.96. The predicted molar refractivity (Wildman–Crippen MR) is 124 cm³/mol. The zero-order chi connectivity index (χ0) is 22.3. The van der Waals surface area contributed by atoms with Crippen molar-refractivity contribution >= 4 is 23.4 Å². The highest BCUT2D eigenvalue weighted by Crippen LogP contribution is 2.61. The molecule has 0 radical (unpaired) electrons. The topological polar surface area (TPSA) is 78.3 Å². The van der Waals surface area contributed by atoms with Crippen molar-refractivity contribution in [1.82, 2.24) is 14.8 Å². The van der Waals surface area contributed by atoms with Gasteiger partial charge in [0.1, 0.15) is 17.3 Å². The maximum atomic E-state index is 12.5. The molecule has 0 spiro atoms. The van der Waals surface area contributed by atoms with Crippen molar-refractivity contribution in [3.8, 4) is 11.5 Å². The average Bonchev–Trinajstić information content (AvgIpc) is 3.10. The number of hydrogen-bond donors (Lipinski definition) is 1. The first kappa shape index (κ1) is 21.6. The highest BCUT2D eigenvalue weighted by Gasteiger charge is 2.51. The number of carbonyl (C=O) groups is 1. The summed E-state index contributed by atoms with van der Waals surface area (Å²) in [5.74, 6) is 5.26. The Morgan fingerprint density at radius 3 is 2.44 bits per heavy atom. The third kappa shape index (κ3) is 4.21. The van der Waals surface area contributed by atoms with E-state index in [9.17, 15) is 4.79 Å². The fourth-order valence-electron chi connectivity index (χ4n) is 6.68. The van der Waals surface area contributed by atoms with E-state index in [1.165, 1.54) is 50.3 Å². The molecule has 1 aromatic heterocycles. The van der Waals surface area contributed by atoms with E-state index in [2.05, 4.69) is 20.1 Å². The summed E-state index contributed by atoms with van der Waals surface area (Å²) >= 11 is 1.42. The minimum absolute atomic E-state index is 0.107. The minimum Gasteiger partial charge on any atom is -0.497 e. The molecule has 0 saturated heterocycles. The predicted octanol–water partition coefficient (Wildman–Crippen LogP) is 4.32. The Kier molecular flexibility index (Phi) is 5.82. The molecule has 8 heteroatoms. The Balaban J connectivity index is 1.20. The van der Waals surface area contributed by atoms with E-state index in [-0.39, 0.29) is 11.7 Å². The van der Waals surface area contributed by atoms with Gasteiger partial charge in [-0.1, -0.05) is 11.8 Å². The quantitative estimate of drug-likeness (QED) is 0.596. The monoisotopic (exact) mass is 456 g/mol. The number of aromatic nitrogens is 3. The average molecular weight is 457 g/mol. The summed E-state index contributed by atoms with van der Waals surface area (Å²) in [6.45, 7) is 0. The Morgan fingerprint density at radius 2 is 1.81 bits per heavy atom. The number of hydrogen-bond acceptors (Lipinski definition) is 6. The van der Waals surface area contributed by atoms with Crippen molar-refractivity contribution < 1.29 is 14.3 Å². The largest absolute Gasteiger partial charge is 0.497 e. The minimum atomic E-state index is -0.107. The van der Waals surface area contributed by atoms with E-state index in [0.717, 1.165) is 35.2 Å². The second kappa shape index (κ2) is 8.61. The summed E-state index contributed by atoms with van der Waals surface area (Å²) in [7, 11) is 5.20. The van der Waals surface area contributed by atoms with Gasteiger partial charge in [0.15, 0.2) is 5.16 Å². The molecule has 1 N–H and O–H groups in total. The van der Waals surface area contributed by atoms with Gasteiger partial charge in [-0.05, 0) is 73.8 Å². The first-order chi connectivity index (χ1) is 15.5. The van der Waals surface area contributed by atoms with Crippen LogP contribution in [0.4, 0.5) is 5.69 Å². The van der Waals surface area contributed by atoms with E-state index < -0.39 is 0 Å². The van der Waals surface area contributed by atoms with Crippen molar-refractivity contribution in [3.05, 3.63) is 24.0 Å². The number of carbonyl (C=O) groups excluding carboxylic acids is 1. The van der Waals surface area contributed by atoms with Gasteiger partial charge >= 0.3 is 0 Å². The van der Waals surface area contributed by atoms with Gasteiger partial charge in [0.05, 0.1) is 25.7 Å². The summed E-state index contributed by atoms with van der Waals surface area (Å²) in [6.07, 6.45) is 9.46. The molecular formula is C24H32N4O3S. The van der Waals surface area contributed by atoms with Gasteiger partial charge in [-0.3, -0.25) is 4.79 Å². The van der Waals surface area contributed by atoms with Crippen molar-refractivity contribution in [3.63, 3.8) is 0 Å². The molecule has 1 aromatic carbocycles. The molecule has 0 aliphatic heterocycles. The van der Waals surface area contributed by atoms with Gasteiger partial charge in [0.25, 0.3) is 0 Å². The zero-order valence-electron chi connectivity index (χ0n) is 19.1. The number of anilines is 1. The number of nitrogens with zero attached hydrogens (tertiary/aromatic N) is 3. The van der Waals surface area contributed by atoms with Crippen LogP contribution < -0.4 is 14.8 Å². The van der Waals surface area contributed by atoms with Crippen LogP contribution in [-0.4, -0.2) is 40.6 Å². The highest BCUT2D eigenvalue weighted by molar-refractivity contribution is 7.99. The van der Waals surface area contributed by atoms with E-state index >= 15 is 0 Å². The van der Waals surface area contributed by atoms with Crippen molar-refractivity contribution in [1.29, 1.82) is 0 Å². The molecule has 4 fully saturated rings. The van der Waals surface area contributed by atoms with E-state index in [1.807, 2.05) is 7.05 Å². The Labute approximate surface area is 193 Å². The number of ether oxygens (including phenoxy) is 2. The van der Waals surface area contributed by atoms with Gasteiger partial charge in [0, 0.05) is 19.5 Å². The molecule has 4 aliphatic carbocycles. The molecule has 1 amide bonds. The van der Waals surface area contributed by atoms with Gasteiger partial charge in [-0.15, -0.1) is 10.2 Å². The summed E-state index contributed by atoms with van der Waals surface area (Å²) in [6, 6.07) is 5.33. The maximum Gasteiger partial charge on any atom is 0.234 e. The van der Waals surface area contributed by atoms with Gasteiger partial charge in [0.2, 0.25) is 5.91 Å². The van der Waals surface area contributed by atoms with Gasteiger partial charge in [-0.2, -0.15) is 0 Å². The van der Waals surface area contributed by atoms with Gasteiger partial charge < -0.3 is 19.4 Å². The van der Waals surface area contributed by atoms with Crippen LogP contribution in [-0.2, 0) is 18.3 Å². The molecule has 7 nitrogen and oxygen atoms in total. The SMILES string of the molecule is COc1ccc(NC(=O)CSc2nnc(CC34CC5CC(CC(C5)C3)C4)n2C)c(OC)c1. The fraction of sp³-hybridized carbons (Fsp3) is 0.625. The number of amides is 1. The van der Waals surface area contributed by atoms with E-state index in [0.29, 0.717) is 22.6 Å². The smallest absolute Gasteiger partial charge is 0.234 e. The van der Waals surface area contributed by atoms with Crippen LogP contribution >= 0.6 is 11.8 Å². The normalized spacial score (nSPS) is 28.0. The summed E-state index contributed by atoms with van der Waals surface area (Å²) in [5, 5.41) is 12.6. The second-order valence-corrected chi connectivity index (χ2v) is 10.9. The van der Waals surface area contributed by atoms with Crippen LogP contribution in [0, 0.1) is 23.2 Å². The lowest BCUT2D eigenvalue weighted by molar-refractivity contribution is -0.113. The fourth-order valence-corrected chi connectivity index (χ4v) is 7.41. The maximum absolute atomic E-state index is 12.5. The number of methoxy groups -OCH3 is 2. The molecule has 1 heterocycles. The van der Waals surface area contributed by atoms with Crippen LogP contribution in [0.3, 0.4) is 0 Å². The number of thioether (sulfide) groups is 1. The first-order valence-electron chi connectivity index (χ1n) is 11.5. The summed E-state index contributed by atoms with van der Waals surface area (Å²) in [5.41, 5.74) is 1.05. The molecule has 4 aliphatic rings. The first-order valence-corrected chi connectivity index (χ1v) is 12.5. The van der Waals surface area contributed by atoms with Crippen molar-refractivity contribution in [2.75, 3.05) is 25.3 Å². The highest BCUT2D eigenvalue weighted by atomic mass is 32.2. The van der Waals surface area contributed by atoms with Gasteiger partial charge in [-0.25, -0.2) is 0 Å². The molecule has 172 valence electrons. The standard InChI is InChI=1S/C24H32N4O3S/c1-28-21(13-24-10-15-6-16(11-24)8-17(7-15)12-24)26-27-23(28)32-14-22(29)25-19-5-4-18(30-2)9-20(19)31-3/h4-5,9,15-17H,6-8,10-14H2,1-3H3,(H,25,29). The van der Waals surface area contributed by atoms with Crippen LogP contribution in [0.5, 0.6) is 11.5 Å². The van der Waals surface area contributed by atoms with Crippen LogP contribution in [0.25, 0.3) is 0 Å². The number of benzene rings is 1. The lowest BCUT2D eigenvalue weighted by atomic mass is 9.49. The van der Waals surface area contributed by atoms with Crippen LogP contribution in [0.2, 0.25) is 0 Å². The molecule has 32 heavy (non-hydrogen) atoms. The zero-order valence-corrected chi connectivity index (χ0v) is 19.9. The van der Waals surface area contributed by atoms with Crippen molar-refractivity contribution in [2.45, 2.75) is 50.1 Å². The molecule has 0 unspecified atom stereocenters. The molecule has 2 aromatic rings. The Hall–Kier alpha value is -2.22. The van der Waals surface area contributed by atoms with Crippen LogP contribution in [0.1, 0.15) is 44.3 Å². The Bertz CT molecular complexity index is 970. The molecule has 4 bridgehead atoms. The molecule has 4 saturated carbocycles. The van der Waals surface area contributed by atoms with Crippen LogP contribution in [0.15, 0.2) is 23.4 Å². The van der Waals surface area contributed by atoms with E-state index in [4.69, 9.17) is 9.47 Å². The summed E-state index contributed by atoms with van der Waals surface area (Å²) in [4.78, 5) is 12.5.